The Bertz CT molecular complexity index is 988. The summed E-state index contributed by atoms with van der Waals surface area (Å²) >= 11 is 0. The minimum absolute atomic E-state index is 0.365. The van der Waals surface area contributed by atoms with Gasteiger partial charge >= 0.3 is 0 Å². The quantitative estimate of drug-likeness (QED) is 0.283. The number of hydrogen-bond acceptors (Lipinski definition) is 8. The van der Waals surface area contributed by atoms with Crippen molar-refractivity contribution in [1.82, 2.24) is 4.90 Å². The number of ether oxygens (including phenoxy) is 5. The summed E-state index contributed by atoms with van der Waals surface area (Å²) in [6.07, 6.45) is 0.753. The maximum atomic E-state index is 13.0. The van der Waals surface area contributed by atoms with Gasteiger partial charge in [-0.15, -0.1) is 0 Å². The number of aliphatic hydroxyl groups excluding tert-OH is 1. The fourth-order valence-electron chi connectivity index (χ4n) is 4.64. The number of ketones is 1. The van der Waals surface area contributed by atoms with Crippen LogP contribution < -0.4 is 9.47 Å². The molecule has 2 aromatic rings. The molecule has 1 heterocycles. The van der Waals surface area contributed by atoms with Crippen molar-refractivity contribution >= 4 is 5.78 Å². The summed E-state index contributed by atoms with van der Waals surface area (Å²) in [7, 11) is 4.86. The summed E-state index contributed by atoms with van der Waals surface area (Å²) in [6.45, 7) is 7.84. The Morgan fingerprint density at radius 2 is 1.59 bits per heavy atom. The zero-order valence-electron chi connectivity index (χ0n) is 22.5. The number of likely N-dealkylation sites (tertiary alicyclic amines) is 1. The van der Waals surface area contributed by atoms with E-state index in [1.165, 1.54) is 0 Å². The standard InChI is InChI=1S/C29H41NO7/c1-21-5-6-23(19-26(21)34-3)28(31)29(32)24-7-8-25(27(20-24)35-4)22-9-11-30(12-10-22)13-14-36-17-18-37-16-15-33-2/h5-8,19-20,22,29,32H,9-18H2,1-4H3. The number of aryl methyl sites for hydroxylation is 1. The highest BCUT2D eigenvalue weighted by atomic mass is 16.5. The van der Waals surface area contributed by atoms with Crippen LogP contribution in [-0.4, -0.2) is 89.8 Å². The van der Waals surface area contributed by atoms with E-state index < -0.39 is 6.10 Å². The first-order valence-corrected chi connectivity index (χ1v) is 12.9. The predicted molar refractivity (Wildman–Crippen MR) is 142 cm³/mol. The summed E-state index contributed by atoms with van der Waals surface area (Å²) in [4.78, 5) is 15.4. The van der Waals surface area contributed by atoms with Gasteiger partial charge in [0.05, 0.1) is 47.3 Å². The summed E-state index contributed by atoms with van der Waals surface area (Å²) in [6, 6.07) is 10.8. The number of hydrogen-bond donors (Lipinski definition) is 1. The second kappa shape index (κ2) is 15.1. The van der Waals surface area contributed by atoms with Crippen LogP contribution in [0.5, 0.6) is 11.5 Å². The first kappa shape index (κ1) is 29.1. The van der Waals surface area contributed by atoms with Gasteiger partial charge in [0.2, 0.25) is 0 Å². The summed E-state index contributed by atoms with van der Waals surface area (Å²) in [5.74, 6) is 1.33. The molecule has 0 amide bonds. The second-order valence-corrected chi connectivity index (χ2v) is 9.29. The van der Waals surface area contributed by atoms with Crippen LogP contribution in [0.2, 0.25) is 0 Å². The van der Waals surface area contributed by atoms with Gasteiger partial charge in [-0.25, -0.2) is 0 Å². The molecule has 204 valence electrons. The number of piperidine rings is 1. The van der Waals surface area contributed by atoms with Crippen molar-refractivity contribution in [2.24, 2.45) is 0 Å². The summed E-state index contributed by atoms with van der Waals surface area (Å²) in [5.41, 5.74) is 2.98. The van der Waals surface area contributed by atoms with Gasteiger partial charge in [0.25, 0.3) is 0 Å². The molecule has 0 aliphatic carbocycles. The van der Waals surface area contributed by atoms with Crippen molar-refractivity contribution in [3.63, 3.8) is 0 Å². The molecule has 1 atom stereocenters. The molecule has 3 rings (SSSR count). The van der Waals surface area contributed by atoms with Crippen molar-refractivity contribution in [2.75, 3.05) is 74.0 Å². The molecule has 1 N–H and O–H groups in total. The number of nitrogens with zero attached hydrogens (tertiary/aromatic N) is 1. The monoisotopic (exact) mass is 515 g/mol. The number of carbonyl (C=O) groups excluding carboxylic acids is 1. The molecule has 2 aromatic carbocycles. The maximum Gasteiger partial charge on any atom is 0.195 e. The maximum absolute atomic E-state index is 13.0. The number of aliphatic hydroxyl groups is 1. The van der Waals surface area contributed by atoms with Crippen LogP contribution >= 0.6 is 0 Å². The van der Waals surface area contributed by atoms with Crippen LogP contribution in [0.4, 0.5) is 0 Å². The fourth-order valence-corrected chi connectivity index (χ4v) is 4.64. The van der Waals surface area contributed by atoms with Crippen LogP contribution in [-0.2, 0) is 14.2 Å². The highest BCUT2D eigenvalue weighted by Crippen LogP contribution is 2.36. The number of Topliss-reactive ketones (excluding diaryl/α,β-unsaturated/α-hetero) is 1. The fraction of sp³-hybridized carbons (Fsp3) is 0.552. The van der Waals surface area contributed by atoms with Crippen LogP contribution in [0.3, 0.4) is 0 Å². The van der Waals surface area contributed by atoms with Gasteiger partial charge in [-0.1, -0.05) is 24.3 Å². The van der Waals surface area contributed by atoms with Gasteiger partial charge < -0.3 is 33.7 Å². The van der Waals surface area contributed by atoms with Gasteiger partial charge in [-0.05, 0) is 67.6 Å². The largest absolute Gasteiger partial charge is 0.496 e. The molecule has 37 heavy (non-hydrogen) atoms. The summed E-state index contributed by atoms with van der Waals surface area (Å²) < 4.78 is 27.0. The smallest absolute Gasteiger partial charge is 0.195 e. The van der Waals surface area contributed by atoms with E-state index in [2.05, 4.69) is 4.90 Å². The van der Waals surface area contributed by atoms with Crippen LogP contribution in [0.25, 0.3) is 0 Å². The third kappa shape index (κ3) is 8.25. The van der Waals surface area contributed by atoms with Crippen molar-refractivity contribution in [2.45, 2.75) is 31.8 Å². The Kier molecular flexibility index (Phi) is 11.8. The molecule has 1 aliphatic rings. The number of benzene rings is 2. The van der Waals surface area contributed by atoms with Gasteiger partial charge in [-0.2, -0.15) is 0 Å². The van der Waals surface area contributed by atoms with E-state index in [4.69, 9.17) is 23.7 Å². The lowest BCUT2D eigenvalue weighted by atomic mass is 9.87. The first-order chi connectivity index (χ1) is 18.0. The molecule has 0 saturated carbocycles. The summed E-state index contributed by atoms with van der Waals surface area (Å²) in [5, 5.41) is 10.8. The molecule has 1 aliphatic heterocycles. The molecule has 0 spiro atoms. The minimum Gasteiger partial charge on any atom is -0.496 e. The van der Waals surface area contributed by atoms with Gasteiger partial charge in [0.15, 0.2) is 5.78 Å². The van der Waals surface area contributed by atoms with E-state index in [1.54, 1.807) is 39.5 Å². The van der Waals surface area contributed by atoms with Crippen LogP contribution in [0.15, 0.2) is 36.4 Å². The molecule has 0 bridgehead atoms. The van der Waals surface area contributed by atoms with E-state index in [1.807, 2.05) is 25.1 Å². The lowest BCUT2D eigenvalue weighted by molar-refractivity contribution is 0.0180. The van der Waals surface area contributed by atoms with E-state index in [-0.39, 0.29) is 5.78 Å². The van der Waals surface area contributed by atoms with Crippen molar-refractivity contribution in [3.05, 3.63) is 58.7 Å². The van der Waals surface area contributed by atoms with Crippen molar-refractivity contribution < 1.29 is 33.6 Å². The van der Waals surface area contributed by atoms with Crippen LogP contribution in [0.1, 0.15) is 51.9 Å². The Labute approximate surface area is 220 Å². The molecule has 8 heteroatoms. The number of rotatable bonds is 15. The third-order valence-corrected chi connectivity index (χ3v) is 6.90. The van der Waals surface area contributed by atoms with Gasteiger partial charge in [0.1, 0.15) is 17.6 Å². The van der Waals surface area contributed by atoms with E-state index in [0.29, 0.717) is 61.6 Å². The van der Waals surface area contributed by atoms with Crippen molar-refractivity contribution in [1.29, 1.82) is 0 Å². The lowest BCUT2D eigenvalue weighted by Gasteiger charge is -2.32. The van der Waals surface area contributed by atoms with E-state index in [9.17, 15) is 9.90 Å². The van der Waals surface area contributed by atoms with Gasteiger partial charge in [0, 0.05) is 19.2 Å². The molecular weight excluding hydrogens is 474 g/mol. The lowest BCUT2D eigenvalue weighted by Crippen LogP contribution is -2.35. The minimum atomic E-state index is -1.28. The zero-order valence-corrected chi connectivity index (χ0v) is 22.5. The number of carbonyl (C=O) groups is 1. The molecule has 0 radical (unpaired) electrons. The molecule has 0 aromatic heterocycles. The number of methoxy groups -OCH3 is 3. The van der Waals surface area contributed by atoms with E-state index in [0.717, 1.165) is 43.6 Å². The molecule has 1 unspecified atom stereocenters. The predicted octanol–water partition coefficient (Wildman–Crippen LogP) is 3.79. The van der Waals surface area contributed by atoms with Gasteiger partial charge in [-0.3, -0.25) is 4.79 Å². The van der Waals surface area contributed by atoms with Crippen LogP contribution in [0, 0.1) is 6.92 Å². The average Bonchev–Trinajstić information content (AvgIpc) is 2.94. The molecular formula is C29H41NO7. The zero-order chi connectivity index (χ0) is 26.6. The highest BCUT2D eigenvalue weighted by Gasteiger charge is 2.26. The Balaban J connectivity index is 1.52. The third-order valence-electron chi connectivity index (χ3n) is 6.90. The molecule has 1 fully saturated rings. The molecule has 8 nitrogen and oxygen atoms in total. The van der Waals surface area contributed by atoms with Crippen molar-refractivity contribution in [3.8, 4) is 11.5 Å². The normalized spacial score (nSPS) is 15.5. The first-order valence-electron chi connectivity index (χ1n) is 12.9. The Hall–Kier alpha value is -2.49. The SMILES string of the molecule is COCCOCCOCCN1CCC(c2ccc(C(O)C(=O)c3ccc(C)c(OC)c3)cc2OC)CC1. The highest BCUT2D eigenvalue weighted by molar-refractivity contribution is 6.00. The Morgan fingerprint density at radius 3 is 2.27 bits per heavy atom. The Morgan fingerprint density at radius 1 is 0.919 bits per heavy atom. The van der Waals surface area contributed by atoms with E-state index >= 15 is 0 Å². The second-order valence-electron chi connectivity index (χ2n) is 9.29. The molecule has 1 saturated heterocycles. The topological polar surface area (TPSA) is 86.7 Å². The average molecular weight is 516 g/mol.